The van der Waals surface area contributed by atoms with E-state index in [1.165, 1.54) is 4.31 Å². The molecule has 2 aliphatic rings. The molecule has 1 aliphatic carbocycles. The number of sulfonamides is 1. The molecule has 1 aromatic carbocycles. The van der Waals surface area contributed by atoms with Gasteiger partial charge in [0.2, 0.25) is 10.0 Å². The maximum absolute atomic E-state index is 12.4. The van der Waals surface area contributed by atoms with E-state index in [4.69, 9.17) is 0 Å². The SMILES string of the molecule is CCc1ccc(S(=O)(=O)N2CC(O)(C3CC3)C2)cc1. The van der Waals surface area contributed by atoms with Crippen molar-refractivity contribution in [2.75, 3.05) is 13.1 Å². The fourth-order valence-electron chi connectivity index (χ4n) is 2.66. The molecule has 3 rings (SSSR count). The molecule has 0 spiro atoms. The Labute approximate surface area is 114 Å². The van der Waals surface area contributed by atoms with Gasteiger partial charge < -0.3 is 5.11 Å². The van der Waals surface area contributed by atoms with E-state index in [1.54, 1.807) is 12.1 Å². The molecule has 0 amide bonds. The van der Waals surface area contributed by atoms with Gasteiger partial charge in [-0.05, 0) is 42.9 Å². The van der Waals surface area contributed by atoms with E-state index < -0.39 is 15.6 Å². The minimum atomic E-state index is -3.43. The van der Waals surface area contributed by atoms with E-state index in [0.29, 0.717) is 10.8 Å². The predicted octanol–water partition coefficient (Wildman–Crippen LogP) is 1.39. The zero-order valence-corrected chi connectivity index (χ0v) is 11.9. The van der Waals surface area contributed by atoms with E-state index in [0.717, 1.165) is 24.8 Å². The maximum atomic E-state index is 12.4. The Morgan fingerprint density at radius 1 is 1.26 bits per heavy atom. The van der Waals surface area contributed by atoms with E-state index in [9.17, 15) is 13.5 Å². The highest BCUT2D eigenvalue weighted by molar-refractivity contribution is 7.89. The Balaban J connectivity index is 1.76. The molecule has 5 heteroatoms. The van der Waals surface area contributed by atoms with Crippen LogP contribution in [0.3, 0.4) is 0 Å². The van der Waals surface area contributed by atoms with Crippen LogP contribution in [0.4, 0.5) is 0 Å². The number of benzene rings is 1. The lowest BCUT2D eigenvalue weighted by atomic mass is 9.91. The molecule has 0 atom stereocenters. The number of β-amino-alcohol motifs (C(OH)–C–C–N with tert-alkyl or cyclic N) is 1. The van der Waals surface area contributed by atoms with Gasteiger partial charge in [-0.15, -0.1) is 0 Å². The van der Waals surface area contributed by atoms with E-state index in [1.807, 2.05) is 19.1 Å². The Bertz CT molecular complexity index is 569. The van der Waals surface area contributed by atoms with Crippen molar-refractivity contribution in [3.05, 3.63) is 29.8 Å². The van der Waals surface area contributed by atoms with Gasteiger partial charge >= 0.3 is 0 Å². The van der Waals surface area contributed by atoms with Gasteiger partial charge in [0.15, 0.2) is 0 Å². The van der Waals surface area contributed by atoms with E-state index in [-0.39, 0.29) is 13.1 Å². The van der Waals surface area contributed by atoms with Crippen molar-refractivity contribution in [3.8, 4) is 0 Å². The zero-order chi connectivity index (χ0) is 13.7. The summed E-state index contributed by atoms with van der Waals surface area (Å²) in [6.45, 7) is 2.53. The molecule has 2 fully saturated rings. The predicted molar refractivity (Wildman–Crippen MR) is 72.3 cm³/mol. The largest absolute Gasteiger partial charge is 0.387 e. The van der Waals surface area contributed by atoms with Gasteiger partial charge in [-0.1, -0.05) is 19.1 Å². The average molecular weight is 281 g/mol. The van der Waals surface area contributed by atoms with Crippen molar-refractivity contribution in [2.24, 2.45) is 5.92 Å². The normalized spacial score (nSPS) is 23.1. The highest BCUT2D eigenvalue weighted by Crippen LogP contribution is 2.45. The van der Waals surface area contributed by atoms with Crippen molar-refractivity contribution in [2.45, 2.75) is 36.7 Å². The average Bonchev–Trinajstić information content (AvgIpc) is 3.19. The summed E-state index contributed by atoms with van der Waals surface area (Å²) >= 11 is 0. The minimum absolute atomic E-state index is 0.246. The van der Waals surface area contributed by atoms with Gasteiger partial charge in [0.1, 0.15) is 0 Å². The second kappa shape index (κ2) is 4.30. The van der Waals surface area contributed by atoms with Gasteiger partial charge in [-0.25, -0.2) is 8.42 Å². The summed E-state index contributed by atoms with van der Waals surface area (Å²) in [6, 6.07) is 7.00. The maximum Gasteiger partial charge on any atom is 0.243 e. The molecular formula is C14H19NO3S. The van der Waals surface area contributed by atoms with E-state index in [2.05, 4.69) is 0 Å². The number of aryl methyl sites for hydroxylation is 1. The standard InChI is InChI=1S/C14H19NO3S/c1-2-11-3-7-13(8-4-11)19(17,18)15-9-14(16,10-15)12-5-6-12/h3-4,7-8,12,16H,2,5-6,9-10H2,1H3. The third kappa shape index (κ3) is 2.20. The summed E-state index contributed by atoms with van der Waals surface area (Å²) in [5.74, 6) is 0.307. The summed E-state index contributed by atoms with van der Waals surface area (Å²) in [4.78, 5) is 0.322. The van der Waals surface area contributed by atoms with Crippen molar-refractivity contribution in [3.63, 3.8) is 0 Å². The van der Waals surface area contributed by atoms with Crippen LogP contribution in [0, 0.1) is 5.92 Å². The van der Waals surface area contributed by atoms with Gasteiger partial charge in [0, 0.05) is 13.1 Å². The van der Waals surface area contributed by atoms with E-state index >= 15 is 0 Å². The third-order valence-corrected chi connectivity index (χ3v) is 6.01. The van der Waals surface area contributed by atoms with Crippen LogP contribution < -0.4 is 0 Å². The highest BCUT2D eigenvalue weighted by Gasteiger charge is 2.55. The van der Waals surface area contributed by atoms with Crippen molar-refractivity contribution < 1.29 is 13.5 Å². The molecule has 1 saturated carbocycles. The number of rotatable bonds is 4. The molecule has 1 heterocycles. The monoisotopic (exact) mass is 281 g/mol. The zero-order valence-electron chi connectivity index (χ0n) is 11.0. The number of hydrogen-bond donors (Lipinski definition) is 1. The van der Waals surface area contributed by atoms with Crippen LogP contribution >= 0.6 is 0 Å². The summed E-state index contributed by atoms with van der Waals surface area (Å²) in [7, 11) is -3.43. The van der Waals surface area contributed by atoms with Crippen LogP contribution in [-0.2, 0) is 16.4 Å². The van der Waals surface area contributed by atoms with Gasteiger partial charge in [-0.3, -0.25) is 0 Å². The molecule has 19 heavy (non-hydrogen) atoms. The second-order valence-corrected chi connectivity index (χ2v) is 7.59. The Morgan fingerprint density at radius 3 is 2.32 bits per heavy atom. The first-order chi connectivity index (χ1) is 8.95. The fourth-order valence-corrected chi connectivity index (χ4v) is 4.22. The molecule has 1 N–H and O–H groups in total. The van der Waals surface area contributed by atoms with Gasteiger partial charge in [0.25, 0.3) is 0 Å². The molecule has 0 bridgehead atoms. The fraction of sp³-hybridized carbons (Fsp3) is 0.571. The second-order valence-electron chi connectivity index (χ2n) is 5.65. The molecule has 1 aliphatic heterocycles. The molecule has 0 unspecified atom stereocenters. The first-order valence-electron chi connectivity index (χ1n) is 6.77. The molecule has 0 aromatic heterocycles. The molecule has 1 saturated heterocycles. The van der Waals surface area contributed by atoms with Crippen LogP contribution in [0.2, 0.25) is 0 Å². The highest BCUT2D eigenvalue weighted by atomic mass is 32.2. The Hall–Kier alpha value is -0.910. The quantitative estimate of drug-likeness (QED) is 0.907. The van der Waals surface area contributed by atoms with Crippen LogP contribution in [0.5, 0.6) is 0 Å². The Morgan fingerprint density at radius 2 is 1.84 bits per heavy atom. The van der Waals surface area contributed by atoms with Crippen LogP contribution in [0.25, 0.3) is 0 Å². The lowest BCUT2D eigenvalue weighted by molar-refractivity contribution is -0.0764. The first-order valence-corrected chi connectivity index (χ1v) is 8.21. The molecule has 1 aromatic rings. The third-order valence-electron chi connectivity index (χ3n) is 4.21. The van der Waals surface area contributed by atoms with Crippen LogP contribution in [0.1, 0.15) is 25.3 Å². The molecule has 4 nitrogen and oxygen atoms in total. The summed E-state index contributed by atoms with van der Waals surface area (Å²) in [5, 5.41) is 10.2. The van der Waals surface area contributed by atoms with Crippen molar-refractivity contribution >= 4 is 10.0 Å². The van der Waals surface area contributed by atoms with Crippen LogP contribution in [-0.4, -0.2) is 36.5 Å². The molecular weight excluding hydrogens is 262 g/mol. The number of aliphatic hydroxyl groups is 1. The lowest BCUT2D eigenvalue weighted by Crippen LogP contribution is -2.64. The van der Waals surface area contributed by atoms with Gasteiger partial charge in [0.05, 0.1) is 10.5 Å². The van der Waals surface area contributed by atoms with Crippen molar-refractivity contribution in [1.29, 1.82) is 0 Å². The summed E-state index contributed by atoms with van der Waals surface area (Å²) < 4.78 is 26.1. The minimum Gasteiger partial charge on any atom is -0.387 e. The smallest absolute Gasteiger partial charge is 0.243 e. The molecule has 104 valence electrons. The van der Waals surface area contributed by atoms with Gasteiger partial charge in [-0.2, -0.15) is 4.31 Å². The topological polar surface area (TPSA) is 57.6 Å². The summed E-state index contributed by atoms with van der Waals surface area (Å²) in [6.07, 6.45) is 2.94. The lowest BCUT2D eigenvalue weighted by Gasteiger charge is -2.45. The van der Waals surface area contributed by atoms with Crippen molar-refractivity contribution in [1.82, 2.24) is 4.31 Å². The summed E-state index contributed by atoms with van der Waals surface area (Å²) in [5.41, 5.74) is 0.355. The molecule has 0 radical (unpaired) electrons. The van der Waals surface area contributed by atoms with Crippen LogP contribution in [0.15, 0.2) is 29.2 Å². The first kappa shape index (κ1) is 13.1. The number of hydrogen-bond acceptors (Lipinski definition) is 3. The Kier molecular flexibility index (Phi) is 2.96. The number of nitrogens with zero attached hydrogens (tertiary/aromatic N) is 1.